The fourth-order valence-electron chi connectivity index (χ4n) is 3.85. The molecule has 0 aliphatic carbocycles. The zero-order valence-corrected chi connectivity index (χ0v) is 18.6. The third-order valence-electron chi connectivity index (χ3n) is 5.47. The first kappa shape index (κ1) is 22.5. The van der Waals surface area contributed by atoms with E-state index < -0.39 is 18.0 Å². The molecule has 2 aromatic carbocycles. The van der Waals surface area contributed by atoms with Gasteiger partial charge in [-0.15, -0.1) is 0 Å². The van der Waals surface area contributed by atoms with Crippen LogP contribution < -0.4 is 10.2 Å². The Balaban J connectivity index is 1.40. The second-order valence-electron chi connectivity index (χ2n) is 8.22. The highest BCUT2D eigenvalue weighted by atomic mass is 19.1. The number of benzene rings is 2. The minimum atomic E-state index is -0.554. The lowest BCUT2D eigenvalue weighted by atomic mass is 10.0. The Morgan fingerprint density at radius 3 is 2.58 bits per heavy atom. The van der Waals surface area contributed by atoms with Crippen molar-refractivity contribution in [3.63, 3.8) is 0 Å². The molecule has 2 heterocycles. The van der Waals surface area contributed by atoms with E-state index in [-0.39, 0.29) is 19.0 Å². The number of rotatable bonds is 8. The van der Waals surface area contributed by atoms with Gasteiger partial charge in [0, 0.05) is 31.1 Å². The molecular formula is C25H26FN3O4. The number of anilines is 1. The predicted octanol–water partition coefficient (Wildman–Crippen LogP) is 4.18. The van der Waals surface area contributed by atoms with Gasteiger partial charge in [-0.05, 0) is 42.4 Å². The number of furan rings is 1. The normalized spacial score (nSPS) is 15.7. The highest BCUT2D eigenvalue weighted by Gasteiger charge is 2.32. The van der Waals surface area contributed by atoms with E-state index in [0.29, 0.717) is 11.3 Å². The summed E-state index contributed by atoms with van der Waals surface area (Å²) in [6.07, 6.45) is 2.37. The average Bonchev–Trinajstić information content (AvgIpc) is 3.42. The van der Waals surface area contributed by atoms with Crippen LogP contribution in [0.4, 0.5) is 14.9 Å². The Kier molecular flexibility index (Phi) is 6.74. The summed E-state index contributed by atoms with van der Waals surface area (Å²) in [6, 6.07) is 14.4. The molecule has 0 bridgehead atoms. The third kappa shape index (κ3) is 5.59. The summed E-state index contributed by atoms with van der Waals surface area (Å²) in [5.41, 5.74) is 3.86. The fraction of sp³-hybridized carbons (Fsp3) is 0.280. The van der Waals surface area contributed by atoms with Gasteiger partial charge in [0.25, 0.3) is 0 Å². The van der Waals surface area contributed by atoms with E-state index in [1.807, 2.05) is 37.4 Å². The number of nitrogens with one attached hydrogen (secondary N) is 1. The number of hydrogen-bond donors (Lipinski definition) is 1. The summed E-state index contributed by atoms with van der Waals surface area (Å²) in [5.74, 6) is -0.619. The smallest absolute Gasteiger partial charge is 0.414 e. The maximum absolute atomic E-state index is 14.9. The predicted molar refractivity (Wildman–Crippen MR) is 122 cm³/mol. The molecule has 172 valence electrons. The van der Waals surface area contributed by atoms with Crippen LogP contribution in [0, 0.1) is 5.82 Å². The van der Waals surface area contributed by atoms with Gasteiger partial charge in [0.05, 0.1) is 31.3 Å². The van der Waals surface area contributed by atoms with E-state index in [1.165, 1.54) is 17.9 Å². The number of hydrogen-bond acceptors (Lipinski definition) is 5. The van der Waals surface area contributed by atoms with Crippen LogP contribution in [0.3, 0.4) is 0 Å². The maximum atomic E-state index is 14.9. The molecule has 3 aromatic rings. The number of nitrogens with zero attached hydrogens (tertiary/aromatic N) is 2. The second-order valence-corrected chi connectivity index (χ2v) is 8.22. The zero-order chi connectivity index (χ0) is 23.4. The van der Waals surface area contributed by atoms with Crippen LogP contribution in [0.25, 0.3) is 11.1 Å². The summed E-state index contributed by atoms with van der Waals surface area (Å²) in [6.45, 7) is 3.40. The SMILES string of the molecule is CC(=O)NCC1CN(c2ccc(-c3ccc(CN(C)Cc4ccoc4)cc3)c(F)c2)C(=O)O1. The average molecular weight is 451 g/mol. The quantitative estimate of drug-likeness (QED) is 0.556. The first-order valence-electron chi connectivity index (χ1n) is 10.7. The topological polar surface area (TPSA) is 75.0 Å². The molecule has 7 nitrogen and oxygen atoms in total. The molecule has 1 aliphatic heterocycles. The van der Waals surface area contributed by atoms with Crippen LogP contribution in [-0.4, -0.2) is 43.1 Å². The molecule has 1 fully saturated rings. The summed E-state index contributed by atoms with van der Waals surface area (Å²) in [7, 11) is 2.03. The lowest BCUT2D eigenvalue weighted by Gasteiger charge is -2.16. The molecule has 1 saturated heterocycles. The molecule has 1 atom stereocenters. The third-order valence-corrected chi connectivity index (χ3v) is 5.47. The van der Waals surface area contributed by atoms with E-state index in [9.17, 15) is 14.0 Å². The number of carbonyl (C=O) groups is 2. The van der Waals surface area contributed by atoms with Crippen molar-refractivity contribution in [1.29, 1.82) is 0 Å². The minimum absolute atomic E-state index is 0.199. The summed E-state index contributed by atoms with van der Waals surface area (Å²) in [4.78, 5) is 26.8. The van der Waals surface area contributed by atoms with E-state index in [0.717, 1.165) is 29.8 Å². The van der Waals surface area contributed by atoms with Crippen molar-refractivity contribution in [3.8, 4) is 11.1 Å². The van der Waals surface area contributed by atoms with E-state index in [1.54, 1.807) is 24.7 Å². The summed E-state index contributed by atoms with van der Waals surface area (Å²) in [5, 5.41) is 2.62. The summed E-state index contributed by atoms with van der Waals surface area (Å²) >= 11 is 0. The van der Waals surface area contributed by atoms with Crippen molar-refractivity contribution in [3.05, 3.63) is 78.0 Å². The summed E-state index contributed by atoms with van der Waals surface area (Å²) < 4.78 is 25.3. The van der Waals surface area contributed by atoms with Crippen molar-refractivity contribution >= 4 is 17.7 Å². The van der Waals surface area contributed by atoms with Gasteiger partial charge in [0.1, 0.15) is 11.9 Å². The molecule has 0 radical (unpaired) electrons. The number of cyclic esters (lactones) is 1. The Bertz CT molecular complexity index is 1120. The van der Waals surface area contributed by atoms with E-state index in [2.05, 4.69) is 10.2 Å². The Morgan fingerprint density at radius 2 is 1.91 bits per heavy atom. The standard InChI is InChI=1S/C25H26FN3O4/c1-17(30)27-12-22-15-29(25(31)33-22)21-7-8-23(24(26)11-21)20-5-3-18(4-6-20)13-28(2)14-19-9-10-32-16-19/h3-11,16,22H,12-15H2,1-2H3,(H,27,30). The molecule has 8 heteroatoms. The molecule has 4 rings (SSSR count). The lowest BCUT2D eigenvalue weighted by molar-refractivity contribution is -0.119. The van der Waals surface area contributed by atoms with Crippen molar-refractivity contribution in [2.75, 3.05) is 25.0 Å². The first-order chi connectivity index (χ1) is 15.9. The Hall–Kier alpha value is -3.65. The second kappa shape index (κ2) is 9.87. The number of ether oxygens (including phenoxy) is 1. The molecule has 0 saturated carbocycles. The van der Waals surface area contributed by atoms with Gasteiger partial charge in [-0.3, -0.25) is 14.6 Å². The van der Waals surface area contributed by atoms with Gasteiger partial charge >= 0.3 is 6.09 Å². The molecule has 0 spiro atoms. The van der Waals surface area contributed by atoms with E-state index in [4.69, 9.17) is 9.15 Å². The van der Waals surface area contributed by atoms with Crippen molar-refractivity contribution in [1.82, 2.24) is 10.2 Å². The minimum Gasteiger partial charge on any atom is -0.472 e. The molecule has 33 heavy (non-hydrogen) atoms. The number of carbonyl (C=O) groups excluding carboxylic acids is 2. The number of halogens is 1. The maximum Gasteiger partial charge on any atom is 0.414 e. The lowest BCUT2D eigenvalue weighted by Crippen LogP contribution is -2.33. The van der Waals surface area contributed by atoms with Crippen LogP contribution >= 0.6 is 0 Å². The molecule has 2 amide bonds. The van der Waals surface area contributed by atoms with Crippen molar-refractivity contribution in [2.45, 2.75) is 26.1 Å². The molecule has 1 N–H and O–H groups in total. The Morgan fingerprint density at radius 1 is 1.15 bits per heavy atom. The van der Waals surface area contributed by atoms with Crippen LogP contribution in [0.1, 0.15) is 18.1 Å². The van der Waals surface area contributed by atoms with Crippen LogP contribution in [0.15, 0.2) is 65.5 Å². The number of amides is 2. The Labute approximate surface area is 191 Å². The first-order valence-corrected chi connectivity index (χ1v) is 10.7. The van der Waals surface area contributed by atoms with Crippen LogP contribution in [0.2, 0.25) is 0 Å². The van der Waals surface area contributed by atoms with Gasteiger partial charge in [-0.25, -0.2) is 9.18 Å². The monoisotopic (exact) mass is 451 g/mol. The highest BCUT2D eigenvalue weighted by molar-refractivity contribution is 5.90. The highest BCUT2D eigenvalue weighted by Crippen LogP contribution is 2.29. The largest absolute Gasteiger partial charge is 0.472 e. The fourth-order valence-corrected chi connectivity index (χ4v) is 3.85. The zero-order valence-electron chi connectivity index (χ0n) is 18.6. The van der Waals surface area contributed by atoms with Gasteiger partial charge in [0.15, 0.2) is 0 Å². The van der Waals surface area contributed by atoms with Crippen LogP contribution in [-0.2, 0) is 22.6 Å². The van der Waals surface area contributed by atoms with E-state index >= 15 is 0 Å². The van der Waals surface area contributed by atoms with Gasteiger partial charge in [-0.1, -0.05) is 24.3 Å². The molecule has 1 aromatic heterocycles. The molecule has 1 aliphatic rings. The molecule has 1 unspecified atom stereocenters. The van der Waals surface area contributed by atoms with Crippen molar-refractivity contribution in [2.24, 2.45) is 0 Å². The van der Waals surface area contributed by atoms with Crippen molar-refractivity contribution < 1.29 is 23.1 Å². The van der Waals surface area contributed by atoms with Gasteiger partial charge < -0.3 is 14.5 Å². The van der Waals surface area contributed by atoms with Gasteiger partial charge in [0.2, 0.25) is 5.91 Å². The van der Waals surface area contributed by atoms with Gasteiger partial charge in [-0.2, -0.15) is 0 Å². The molecular weight excluding hydrogens is 425 g/mol. The van der Waals surface area contributed by atoms with Crippen LogP contribution in [0.5, 0.6) is 0 Å².